The lowest BCUT2D eigenvalue weighted by Gasteiger charge is -2.09. The van der Waals surface area contributed by atoms with Gasteiger partial charge in [0.15, 0.2) is 5.82 Å². The van der Waals surface area contributed by atoms with Gasteiger partial charge in [-0.1, -0.05) is 6.92 Å². The SMILES string of the molecule is CCCn1ncnc1COc1ccc(C(=O)O)c(C)c1. The van der Waals surface area contributed by atoms with E-state index in [-0.39, 0.29) is 5.56 Å². The van der Waals surface area contributed by atoms with Gasteiger partial charge < -0.3 is 9.84 Å². The predicted molar refractivity (Wildman–Crippen MR) is 72.8 cm³/mol. The highest BCUT2D eigenvalue weighted by Crippen LogP contribution is 2.18. The van der Waals surface area contributed by atoms with Crippen molar-refractivity contribution >= 4 is 5.97 Å². The van der Waals surface area contributed by atoms with Crippen LogP contribution in [0.1, 0.15) is 35.1 Å². The van der Waals surface area contributed by atoms with Crippen LogP contribution >= 0.6 is 0 Å². The molecule has 1 heterocycles. The highest BCUT2D eigenvalue weighted by Gasteiger charge is 2.09. The monoisotopic (exact) mass is 275 g/mol. The van der Waals surface area contributed by atoms with Gasteiger partial charge in [-0.05, 0) is 37.1 Å². The zero-order chi connectivity index (χ0) is 14.5. The van der Waals surface area contributed by atoms with E-state index in [0.29, 0.717) is 17.9 Å². The standard InChI is InChI=1S/C14H17N3O3/c1-3-6-17-13(15-9-16-17)8-20-11-4-5-12(14(18)19)10(2)7-11/h4-5,7,9H,3,6,8H2,1-2H3,(H,18,19). The van der Waals surface area contributed by atoms with E-state index < -0.39 is 5.97 Å². The Bertz CT molecular complexity index is 607. The molecule has 20 heavy (non-hydrogen) atoms. The van der Waals surface area contributed by atoms with Crippen LogP contribution < -0.4 is 4.74 Å². The van der Waals surface area contributed by atoms with Crippen molar-refractivity contribution in [1.29, 1.82) is 0 Å². The van der Waals surface area contributed by atoms with Crippen LogP contribution in [0.4, 0.5) is 0 Å². The summed E-state index contributed by atoms with van der Waals surface area (Å²) in [7, 11) is 0. The fourth-order valence-electron chi connectivity index (χ4n) is 1.91. The third kappa shape index (κ3) is 3.14. The van der Waals surface area contributed by atoms with Crippen LogP contribution in [-0.2, 0) is 13.2 Å². The van der Waals surface area contributed by atoms with Gasteiger partial charge in [-0.3, -0.25) is 0 Å². The van der Waals surface area contributed by atoms with E-state index in [1.54, 1.807) is 29.8 Å². The summed E-state index contributed by atoms with van der Waals surface area (Å²) in [5.41, 5.74) is 0.955. The third-order valence-corrected chi connectivity index (χ3v) is 2.93. The molecule has 0 spiro atoms. The number of aromatic nitrogens is 3. The number of rotatable bonds is 6. The molecule has 6 nitrogen and oxygen atoms in total. The molecule has 0 saturated carbocycles. The Morgan fingerprint density at radius 3 is 2.90 bits per heavy atom. The molecule has 0 amide bonds. The summed E-state index contributed by atoms with van der Waals surface area (Å²) in [4.78, 5) is 15.1. The minimum atomic E-state index is -0.934. The Kier molecular flexibility index (Phi) is 4.34. The Morgan fingerprint density at radius 1 is 1.45 bits per heavy atom. The largest absolute Gasteiger partial charge is 0.486 e. The van der Waals surface area contributed by atoms with E-state index in [1.807, 2.05) is 0 Å². The first kappa shape index (κ1) is 14.0. The second-order valence-electron chi connectivity index (χ2n) is 4.47. The Balaban J connectivity index is 2.05. The maximum absolute atomic E-state index is 10.9. The summed E-state index contributed by atoms with van der Waals surface area (Å²) in [5, 5.41) is 13.1. The molecule has 0 unspecified atom stereocenters. The quantitative estimate of drug-likeness (QED) is 0.875. The molecule has 106 valence electrons. The molecule has 0 bridgehead atoms. The van der Waals surface area contributed by atoms with Gasteiger partial charge in [0.25, 0.3) is 0 Å². The number of hydrogen-bond acceptors (Lipinski definition) is 4. The molecule has 0 radical (unpaired) electrons. The van der Waals surface area contributed by atoms with E-state index in [9.17, 15) is 4.79 Å². The molecule has 0 aliphatic heterocycles. The highest BCUT2D eigenvalue weighted by molar-refractivity contribution is 5.89. The van der Waals surface area contributed by atoms with Gasteiger partial charge in [-0.15, -0.1) is 0 Å². The lowest BCUT2D eigenvalue weighted by Crippen LogP contribution is -2.08. The Hall–Kier alpha value is -2.37. The first-order valence-electron chi connectivity index (χ1n) is 6.45. The van der Waals surface area contributed by atoms with Crippen LogP contribution in [0, 0.1) is 6.92 Å². The Labute approximate surface area is 117 Å². The van der Waals surface area contributed by atoms with Gasteiger partial charge in [0.05, 0.1) is 5.56 Å². The first-order valence-corrected chi connectivity index (χ1v) is 6.45. The molecule has 0 fully saturated rings. The van der Waals surface area contributed by atoms with Crippen LogP contribution in [0.25, 0.3) is 0 Å². The molecule has 6 heteroatoms. The van der Waals surface area contributed by atoms with Crippen molar-refractivity contribution in [2.24, 2.45) is 0 Å². The van der Waals surface area contributed by atoms with Crippen molar-refractivity contribution in [3.05, 3.63) is 41.5 Å². The summed E-state index contributed by atoms with van der Waals surface area (Å²) in [5.74, 6) is 0.446. The predicted octanol–water partition coefficient (Wildman–Crippen LogP) is 2.27. The number of hydrogen-bond donors (Lipinski definition) is 1. The second-order valence-corrected chi connectivity index (χ2v) is 4.47. The van der Waals surface area contributed by atoms with Crippen molar-refractivity contribution < 1.29 is 14.6 Å². The van der Waals surface area contributed by atoms with Crippen LogP contribution in [0.3, 0.4) is 0 Å². The average Bonchev–Trinajstić information content (AvgIpc) is 2.84. The fraction of sp³-hybridized carbons (Fsp3) is 0.357. The van der Waals surface area contributed by atoms with Crippen molar-refractivity contribution in [3.63, 3.8) is 0 Å². The molecule has 0 aliphatic rings. The highest BCUT2D eigenvalue weighted by atomic mass is 16.5. The Morgan fingerprint density at radius 2 is 2.25 bits per heavy atom. The fourth-order valence-corrected chi connectivity index (χ4v) is 1.91. The molecule has 1 aromatic heterocycles. The van der Waals surface area contributed by atoms with Gasteiger partial charge in [0.2, 0.25) is 0 Å². The number of aryl methyl sites for hydroxylation is 2. The zero-order valence-corrected chi connectivity index (χ0v) is 11.5. The molecular formula is C14H17N3O3. The number of ether oxygens (including phenoxy) is 1. The van der Waals surface area contributed by atoms with Crippen LogP contribution in [0.15, 0.2) is 24.5 Å². The molecule has 1 aromatic carbocycles. The summed E-state index contributed by atoms with van der Waals surface area (Å²) in [6, 6.07) is 4.91. The van der Waals surface area contributed by atoms with Crippen LogP contribution in [0.2, 0.25) is 0 Å². The maximum atomic E-state index is 10.9. The minimum Gasteiger partial charge on any atom is -0.486 e. The van der Waals surface area contributed by atoms with Crippen molar-refractivity contribution in [2.75, 3.05) is 0 Å². The summed E-state index contributed by atoms with van der Waals surface area (Å²) >= 11 is 0. The topological polar surface area (TPSA) is 77.2 Å². The van der Waals surface area contributed by atoms with Crippen molar-refractivity contribution in [2.45, 2.75) is 33.4 Å². The molecule has 0 aliphatic carbocycles. The molecule has 2 rings (SSSR count). The lowest BCUT2D eigenvalue weighted by molar-refractivity contribution is 0.0696. The number of aromatic carboxylic acids is 1. The number of carboxylic acid groups (broad SMARTS) is 1. The van der Waals surface area contributed by atoms with Crippen molar-refractivity contribution in [3.8, 4) is 5.75 Å². The first-order chi connectivity index (χ1) is 9.61. The molecule has 2 aromatic rings. The molecular weight excluding hydrogens is 258 g/mol. The molecule has 0 atom stereocenters. The van der Waals surface area contributed by atoms with Gasteiger partial charge in [0.1, 0.15) is 18.7 Å². The number of carboxylic acids is 1. The number of benzene rings is 1. The van der Waals surface area contributed by atoms with E-state index in [0.717, 1.165) is 18.8 Å². The zero-order valence-electron chi connectivity index (χ0n) is 11.5. The molecule has 0 saturated heterocycles. The second kappa shape index (κ2) is 6.18. The summed E-state index contributed by atoms with van der Waals surface area (Å²) in [6.07, 6.45) is 2.48. The normalized spacial score (nSPS) is 10.5. The van der Waals surface area contributed by atoms with E-state index in [2.05, 4.69) is 17.0 Å². The van der Waals surface area contributed by atoms with Gasteiger partial charge in [0, 0.05) is 6.54 Å². The van der Waals surface area contributed by atoms with Crippen LogP contribution in [0.5, 0.6) is 5.75 Å². The van der Waals surface area contributed by atoms with E-state index in [1.165, 1.54) is 6.33 Å². The summed E-state index contributed by atoms with van der Waals surface area (Å²) in [6.45, 7) is 4.93. The lowest BCUT2D eigenvalue weighted by atomic mass is 10.1. The van der Waals surface area contributed by atoms with Gasteiger partial charge in [-0.2, -0.15) is 5.10 Å². The maximum Gasteiger partial charge on any atom is 0.335 e. The van der Waals surface area contributed by atoms with Gasteiger partial charge >= 0.3 is 5.97 Å². The van der Waals surface area contributed by atoms with E-state index in [4.69, 9.17) is 9.84 Å². The van der Waals surface area contributed by atoms with Crippen molar-refractivity contribution in [1.82, 2.24) is 14.8 Å². The van der Waals surface area contributed by atoms with Gasteiger partial charge in [-0.25, -0.2) is 14.5 Å². The number of carbonyl (C=O) groups is 1. The smallest absolute Gasteiger partial charge is 0.335 e. The number of nitrogens with zero attached hydrogens (tertiary/aromatic N) is 3. The average molecular weight is 275 g/mol. The molecule has 1 N–H and O–H groups in total. The minimum absolute atomic E-state index is 0.284. The van der Waals surface area contributed by atoms with Crippen LogP contribution in [-0.4, -0.2) is 25.8 Å². The van der Waals surface area contributed by atoms with E-state index >= 15 is 0 Å². The third-order valence-electron chi connectivity index (χ3n) is 2.93. The summed E-state index contributed by atoms with van der Waals surface area (Å²) < 4.78 is 7.44.